The van der Waals surface area contributed by atoms with Gasteiger partial charge in [-0.15, -0.1) is 0 Å². The number of rotatable bonds is 1. The molecule has 0 aliphatic rings. The van der Waals surface area contributed by atoms with Crippen LogP contribution >= 0.6 is 15.9 Å². The second-order valence-electron chi connectivity index (χ2n) is 2.22. The van der Waals surface area contributed by atoms with Gasteiger partial charge in [0.05, 0.1) is 0 Å². The highest BCUT2D eigenvalue weighted by Crippen LogP contribution is 2.23. The van der Waals surface area contributed by atoms with E-state index in [-0.39, 0.29) is 0 Å². The van der Waals surface area contributed by atoms with Crippen LogP contribution in [0.5, 0.6) is 0 Å². The van der Waals surface area contributed by atoms with Crippen molar-refractivity contribution in [2.24, 2.45) is 0 Å². The van der Waals surface area contributed by atoms with Crippen molar-refractivity contribution in [1.29, 1.82) is 0 Å². The zero-order chi connectivity index (χ0) is 8.39. The maximum atomic E-state index is 4.71. The van der Waals surface area contributed by atoms with Crippen molar-refractivity contribution >= 4 is 15.9 Å². The summed E-state index contributed by atoms with van der Waals surface area (Å²) in [7, 11) is 0. The predicted molar refractivity (Wildman–Crippen MR) is 47.4 cm³/mol. The van der Waals surface area contributed by atoms with Gasteiger partial charge in [0.2, 0.25) is 0 Å². The van der Waals surface area contributed by atoms with Crippen molar-refractivity contribution in [2.75, 3.05) is 0 Å². The van der Waals surface area contributed by atoms with E-state index in [1.165, 1.54) is 6.26 Å². The fraction of sp³-hybridized carbons (Fsp3) is 0. The molecule has 2 aromatic rings. The van der Waals surface area contributed by atoms with Crippen LogP contribution in [0, 0.1) is 0 Å². The first kappa shape index (κ1) is 7.49. The van der Waals surface area contributed by atoms with Gasteiger partial charge in [0.1, 0.15) is 17.7 Å². The number of halogens is 1. The predicted octanol–water partition coefficient (Wildman–Crippen LogP) is 2.50. The van der Waals surface area contributed by atoms with E-state index in [1.807, 2.05) is 12.1 Å². The van der Waals surface area contributed by atoms with Gasteiger partial charge in [0.25, 0.3) is 0 Å². The van der Waals surface area contributed by atoms with E-state index in [0.29, 0.717) is 0 Å². The summed E-state index contributed by atoms with van der Waals surface area (Å²) < 4.78 is 5.63. The third-order valence-electron chi connectivity index (χ3n) is 1.44. The third kappa shape index (κ3) is 1.25. The van der Waals surface area contributed by atoms with Crippen LogP contribution in [0.2, 0.25) is 0 Å². The fourth-order valence-corrected chi connectivity index (χ4v) is 1.37. The fourth-order valence-electron chi connectivity index (χ4n) is 0.909. The molecule has 60 valence electrons. The standard InChI is InChI=1S/C8H5BrN2O/c9-6-2-1-4-10-8(6)7-3-5-12-11-7/h1-5H. The highest BCUT2D eigenvalue weighted by molar-refractivity contribution is 9.10. The van der Waals surface area contributed by atoms with E-state index in [4.69, 9.17) is 4.52 Å². The van der Waals surface area contributed by atoms with E-state index in [2.05, 4.69) is 26.1 Å². The Morgan fingerprint density at radius 1 is 1.33 bits per heavy atom. The van der Waals surface area contributed by atoms with Crippen LogP contribution in [0.3, 0.4) is 0 Å². The summed E-state index contributed by atoms with van der Waals surface area (Å²) in [5, 5.41) is 3.78. The molecule has 0 saturated heterocycles. The molecule has 0 atom stereocenters. The molecule has 3 nitrogen and oxygen atoms in total. The van der Waals surface area contributed by atoms with Gasteiger partial charge in [-0.05, 0) is 28.1 Å². The van der Waals surface area contributed by atoms with Crippen LogP contribution in [0.15, 0.2) is 39.7 Å². The molecule has 0 bridgehead atoms. The minimum absolute atomic E-state index is 0.738. The van der Waals surface area contributed by atoms with E-state index < -0.39 is 0 Å². The largest absolute Gasteiger partial charge is 0.364 e. The molecular formula is C8H5BrN2O. The second-order valence-corrected chi connectivity index (χ2v) is 3.07. The average molecular weight is 225 g/mol. The van der Waals surface area contributed by atoms with Crippen LogP contribution in [0.1, 0.15) is 0 Å². The minimum Gasteiger partial charge on any atom is -0.364 e. The number of nitrogens with zero attached hydrogens (tertiary/aromatic N) is 2. The van der Waals surface area contributed by atoms with Crippen LogP contribution in [0.25, 0.3) is 11.4 Å². The molecule has 0 aliphatic carbocycles. The third-order valence-corrected chi connectivity index (χ3v) is 2.08. The molecule has 0 saturated carbocycles. The normalized spacial score (nSPS) is 10.1. The molecule has 0 unspecified atom stereocenters. The summed E-state index contributed by atoms with van der Waals surface area (Å²) in [6.07, 6.45) is 3.24. The topological polar surface area (TPSA) is 38.9 Å². The van der Waals surface area contributed by atoms with Gasteiger partial charge in [-0.2, -0.15) is 0 Å². The summed E-state index contributed by atoms with van der Waals surface area (Å²) >= 11 is 3.37. The molecule has 0 spiro atoms. The molecule has 0 amide bonds. The number of hydrogen-bond acceptors (Lipinski definition) is 3. The van der Waals surface area contributed by atoms with Gasteiger partial charge in [-0.25, -0.2) is 0 Å². The van der Waals surface area contributed by atoms with Crippen molar-refractivity contribution in [2.45, 2.75) is 0 Å². The van der Waals surface area contributed by atoms with Gasteiger partial charge in [0.15, 0.2) is 0 Å². The molecule has 0 N–H and O–H groups in total. The van der Waals surface area contributed by atoms with E-state index in [1.54, 1.807) is 12.3 Å². The molecule has 2 heterocycles. The van der Waals surface area contributed by atoms with Crippen LogP contribution in [-0.2, 0) is 0 Å². The highest BCUT2D eigenvalue weighted by atomic mass is 79.9. The highest BCUT2D eigenvalue weighted by Gasteiger charge is 2.05. The number of pyridine rings is 1. The Hall–Kier alpha value is -1.16. The number of aromatic nitrogens is 2. The zero-order valence-electron chi connectivity index (χ0n) is 6.07. The maximum Gasteiger partial charge on any atom is 0.133 e. The Morgan fingerprint density at radius 2 is 2.25 bits per heavy atom. The Labute approximate surface area is 77.5 Å². The molecule has 0 aliphatic heterocycles. The molecule has 2 rings (SSSR count). The van der Waals surface area contributed by atoms with Crippen LogP contribution in [0.4, 0.5) is 0 Å². The molecule has 4 heteroatoms. The quantitative estimate of drug-likeness (QED) is 0.748. The smallest absolute Gasteiger partial charge is 0.133 e. The van der Waals surface area contributed by atoms with Crippen LogP contribution in [-0.4, -0.2) is 10.1 Å². The van der Waals surface area contributed by atoms with Crippen molar-refractivity contribution < 1.29 is 4.52 Å². The molecule has 2 aromatic heterocycles. The van der Waals surface area contributed by atoms with Crippen molar-refractivity contribution in [1.82, 2.24) is 10.1 Å². The average Bonchev–Trinajstić information content (AvgIpc) is 2.57. The molecule has 12 heavy (non-hydrogen) atoms. The van der Waals surface area contributed by atoms with E-state index in [0.717, 1.165) is 15.9 Å². The van der Waals surface area contributed by atoms with Crippen molar-refractivity contribution in [3.05, 3.63) is 35.1 Å². The first-order valence-corrected chi connectivity index (χ1v) is 4.18. The lowest BCUT2D eigenvalue weighted by Gasteiger charge is -1.95. The second kappa shape index (κ2) is 3.06. The summed E-state index contributed by atoms with van der Waals surface area (Å²) in [4.78, 5) is 4.15. The summed E-state index contributed by atoms with van der Waals surface area (Å²) in [6.45, 7) is 0. The number of hydrogen-bond donors (Lipinski definition) is 0. The minimum atomic E-state index is 0.738. The Morgan fingerprint density at radius 3 is 2.92 bits per heavy atom. The van der Waals surface area contributed by atoms with E-state index >= 15 is 0 Å². The molecular weight excluding hydrogens is 220 g/mol. The van der Waals surface area contributed by atoms with E-state index in [9.17, 15) is 0 Å². The monoisotopic (exact) mass is 224 g/mol. The Balaban J connectivity index is 2.55. The van der Waals surface area contributed by atoms with Gasteiger partial charge < -0.3 is 4.52 Å². The lowest BCUT2D eigenvalue weighted by atomic mass is 10.3. The zero-order valence-corrected chi connectivity index (χ0v) is 7.65. The summed E-state index contributed by atoms with van der Waals surface area (Å²) in [6, 6.07) is 5.54. The maximum absolute atomic E-state index is 4.71. The molecule has 0 radical (unpaired) electrons. The SMILES string of the molecule is Brc1cccnc1-c1ccon1. The van der Waals surface area contributed by atoms with Gasteiger partial charge >= 0.3 is 0 Å². The first-order chi connectivity index (χ1) is 5.88. The lowest BCUT2D eigenvalue weighted by molar-refractivity contribution is 0.422. The van der Waals surface area contributed by atoms with Gasteiger partial charge in [-0.3, -0.25) is 4.98 Å². The molecule has 0 fully saturated rings. The Bertz CT molecular complexity index is 372. The Kier molecular flexibility index (Phi) is 1.91. The van der Waals surface area contributed by atoms with Gasteiger partial charge in [-0.1, -0.05) is 5.16 Å². The van der Waals surface area contributed by atoms with Crippen molar-refractivity contribution in [3.8, 4) is 11.4 Å². The summed E-state index contributed by atoms with van der Waals surface area (Å²) in [5.74, 6) is 0. The summed E-state index contributed by atoms with van der Waals surface area (Å²) in [5.41, 5.74) is 1.54. The first-order valence-electron chi connectivity index (χ1n) is 3.39. The molecule has 0 aromatic carbocycles. The van der Waals surface area contributed by atoms with Crippen LogP contribution < -0.4 is 0 Å². The van der Waals surface area contributed by atoms with Crippen molar-refractivity contribution in [3.63, 3.8) is 0 Å². The van der Waals surface area contributed by atoms with Gasteiger partial charge in [0, 0.05) is 16.7 Å². The lowest BCUT2D eigenvalue weighted by Crippen LogP contribution is -1.83.